The van der Waals surface area contributed by atoms with Crippen LogP contribution in [-0.2, 0) is 14.4 Å². The van der Waals surface area contributed by atoms with Gasteiger partial charge < -0.3 is 15.7 Å². The molecule has 1 rings (SSSR count). The van der Waals surface area contributed by atoms with Gasteiger partial charge in [-0.25, -0.2) is 4.79 Å². The Kier molecular flexibility index (Phi) is 5.95. The number of nitrogens with one attached hydrogen (secondary N) is 3. The molecular formula is C12H19N3O5. The monoisotopic (exact) mass is 285 g/mol. The predicted octanol–water partition coefficient (Wildman–Crippen LogP) is -0.266. The van der Waals surface area contributed by atoms with Crippen LogP contribution in [-0.4, -0.2) is 41.0 Å². The van der Waals surface area contributed by atoms with Gasteiger partial charge in [0.25, 0.3) is 0 Å². The van der Waals surface area contributed by atoms with Gasteiger partial charge in [-0.3, -0.25) is 19.7 Å². The van der Waals surface area contributed by atoms with Crippen LogP contribution in [0.4, 0.5) is 4.79 Å². The first-order chi connectivity index (χ1) is 9.38. The molecule has 1 atom stereocenters. The number of imide groups is 1. The highest BCUT2D eigenvalue weighted by atomic mass is 16.4. The van der Waals surface area contributed by atoms with Crippen LogP contribution in [0, 0.1) is 0 Å². The summed E-state index contributed by atoms with van der Waals surface area (Å²) in [5.41, 5.74) is 0. The molecule has 0 aliphatic heterocycles. The fourth-order valence-electron chi connectivity index (χ4n) is 1.44. The molecule has 0 bridgehead atoms. The summed E-state index contributed by atoms with van der Waals surface area (Å²) in [6, 6.07) is -1.29. The van der Waals surface area contributed by atoms with Crippen LogP contribution in [0.25, 0.3) is 0 Å². The Morgan fingerprint density at radius 2 is 1.85 bits per heavy atom. The highest BCUT2D eigenvalue weighted by Crippen LogP contribution is 2.18. The molecule has 0 radical (unpaired) electrons. The predicted molar refractivity (Wildman–Crippen MR) is 68.8 cm³/mol. The lowest BCUT2D eigenvalue weighted by atomic mass is 10.2. The number of rotatable bonds is 7. The molecule has 1 aliphatic rings. The van der Waals surface area contributed by atoms with E-state index in [1.165, 1.54) is 6.92 Å². The number of carbonyl (C=O) groups excluding carboxylic acids is 3. The van der Waals surface area contributed by atoms with Crippen LogP contribution >= 0.6 is 0 Å². The third-order valence-electron chi connectivity index (χ3n) is 2.71. The molecule has 1 saturated carbocycles. The van der Waals surface area contributed by atoms with Gasteiger partial charge in [0.05, 0.1) is 0 Å². The normalized spacial score (nSPS) is 15.1. The Morgan fingerprint density at radius 1 is 1.20 bits per heavy atom. The summed E-state index contributed by atoms with van der Waals surface area (Å²) in [5, 5.41) is 15.5. The molecule has 0 aromatic carbocycles. The number of hydrogen-bond acceptors (Lipinski definition) is 4. The van der Waals surface area contributed by atoms with Crippen LogP contribution in [0.3, 0.4) is 0 Å². The lowest BCUT2D eigenvalue weighted by Crippen LogP contribution is -2.50. The molecule has 112 valence electrons. The average Bonchev–Trinajstić information content (AvgIpc) is 3.11. The topological polar surface area (TPSA) is 125 Å². The standard InChI is InChI=1S/C12H19N3O5/c1-7(11(19)14-8-5-6-8)13-12(20)15-9(16)3-2-4-10(17)18/h7-8H,2-6H2,1H3,(H,14,19)(H,17,18)(H2,13,15,16,20). The molecule has 8 nitrogen and oxygen atoms in total. The van der Waals surface area contributed by atoms with Crippen molar-refractivity contribution in [3.8, 4) is 0 Å². The molecule has 4 amide bonds. The van der Waals surface area contributed by atoms with E-state index in [0.717, 1.165) is 12.8 Å². The summed E-state index contributed by atoms with van der Waals surface area (Å²) in [4.78, 5) is 44.6. The molecule has 0 aromatic rings. The van der Waals surface area contributed by atoms with Gasteiger partial charge in [0, 0.05) is 18.9 Å². The van der Waals surface area contributed by atoms with E-state index >= 15 is 0 Å². The van der Waals surface area contributed by atoms with Gasteiger partial charge in [0.15, 0.2) is 0 Å². The average molecular weight is 285 g/mol. The fourth-order valence-corrected chi connectivity index (χ4v) is 1.44. The molecule has 0 heterocycles. The van der Waals surface area contributed by atoms with E-state index in [-0.39, 0.29) is 31.2 Å². The molecule has 0 saturated heterocycles. The summed E-state index contributed by atoms with van der Waals surface area (Å²) in [6.07, 6.45) is 1.88. The first-order valence-electron chi connectivity index (χ1n) is 6.51. The van der Waals surface area contributed by atoms with Crippen LogP contribution < -0.4 is 16.0 Å². The minimum Gasteiger partial charge on any atom is -0.481 e. The number of carboxylic acid groups (broad SMARTS) is 1. The maximum Gasteiger partial charge on any atom is 0.322 e. The quantitative estimate of drug-likeness (QED) is 0.512. The van der Waals surface area contributed by atoms with E-state index in [1.807, 2.05) is 5.32 Å². The molecule has 0 spiro atoms. The van der Waals surface area contributed by atoms with E-state index in [4.69, 9.17) is 5.11 Å². The lowest BCUT2D eigenvalue weighted by molar-refractivity contribution is -0.137. The zero-order valence-corrected chi connectivity index (χ0v) is 11.3. The van der Waals surface area contributed by atoms with Gasteiger partial charge in [0.2, 0.25) is 11.8 Å². The summed E-state index contributed by atoms with van der Waals surface area (Å²) in [6.45, 7) is 1.52. The molecule has 8 heteroatoms. The second-order valence-corrected chi connectivity index (χ2v) is 4.77. The molecule has 1 fully saturated rings. The summed E-state index contributed by atoms with van der Waals surface area (Å²) >= 11 is 0. The Morgan fingerprint density at radius 3 is 2.40 bits per heavy atom. The van der Waals surface area contributed by atoms with Crippen molar-refractivity contribution in [2.75, 3.05) is 0 Å². The van der Waals surface area contributed by atoms with Crippen molar-refractivity contribution in [1.82, 2.24) is 16.0 Å². The van der Waals surface area contributed by atoms with Gasteiger partial charge in [-0.15, -0.1) is 0 Å². The highest BCUT2D eigenvalue weighted by Gasteiger charge is 2.26. The smallest absolute Gasteiger partial charge is 0.322 e. The lowest BCUT2D eigenvalue weighted by Gasteiger charge is -2.13. The van der Waals surface area contributed by atoms with Crippen molar-refractivity contribution >= 4 is 23.8 Å². The first-order valence-corrected chi connectivity index (χ1v) is 6.51. The maximum absolute atomic E-state index is 11.6. The van der Waals surface area contributed by atoms with Crippen LogP contribution in [0.2, 0.25) is 0 Å². The zero-order chi connectivity index (χ0) is 15.1. The number of hydrogen-bond donors (Lipinski definition) is 4. The van der Waals surface area contributed by atoms with Gasteiger partial charge in [-0.05, 0) is 26.2 Å². The minimum atomic E-state index is -0.993. The number of urea groups is 1. The third-order valence-corrected chi connectivity index (χ3v) is 2.71. The van der Waals surface area contributed by atoms with Gasteiger partial charge in [-0.1, -0.05) is 0 Å². The third kappa shape index (κ3) is 6.72. The second kappa shape index (κ2) is 7.46. The Labute approximate surface area is 116 Å². The van der Waals surface area contributed by atoms with Crippen molar-refractivity contribution < 1.29 is 24.3 Å². The molecule has 0 aromatic heterocycles. The van der Waals surface area contributed by atoms with Crippen LogP contribution in [0.15, 0.2) is 0 Å². The molecule has 4 N–H and O–H groups in total. The Hall–Kier alpha value is -2.12. The van der Waals surface area contributed by atoms with Crippen LogP contribution in [0.5, 0.6) is 0 Å². The zero-order valence-electron chi connectivity index (χ0n) is 11.3. The molecule has 1 aliphatic carbocycles. The van der Waals surface area contributed by atoms with Crippen molar-refractivity contribution in [3.63, 3.8) is 0 Å². The van der Waals surface area contributed by atoms with Gasteiger partial charge in [0.1, 0.15) is 6.04 Å². The van der Waals surface area contributed by atoms with Crippen molar-refractivity contribution in [2.24, 2.45) is 0 Å². The number of carboxylic acids is 1. The Balaban J connectivity index is 2.18. The number of aliphatic carboxylic acids is 1. The SMILES string of the molecule is CC(NC(=O)NC(=O)CCCC(=O)O)C(=O)NC1CC1. The molecule has 20 heavy (non-hydrogen) atoms. The van der Waals surface area contributed by atoms with E-state index < -0.39 is 23.9 Å². The van der Waals surface area contributed by atoms with Gasteiger partial charge >= 0.3 is 12.0 Å². The number of amides is 4. The minimum absolute atomic E-state index is 0.0532. The summed E-state index contributed by atoms with van der Waals surface area (Å²) in [7, 11) is 0. The summed E-state index contributed by atoms with van der Waals surface area (Å²) < 4.78 is 0. The highest BCUT2D eigenvalue weighted by molar-refractivity contribution is 5.96. The molecule has 1 unspecified atom stereocenters. The maximum atomic E-state index is 11.6. The largest absolute Gasteiger partial charge is 0.481 e. The second-order valence-electron chi connectivity index (χ2n) is 4.77. The number of carbonyl (C=O) groups is 4. The first kappa shape index (κ1) is 15.9. The van der Waals surface area contributed by atoms with E-state index in [9.17, 15) is 19.2 Å². The Bertz CT molecular complexity index is 406. The van der Waals surface area contributed by atoms with Crippen molar-refractivity contribution in [2.45, 2.75) is 51.1 Å². The summed E-state index contributed by atoms with van der Waals surface area (Å²) in [5.74, 6) is -1.85. The van der Waals surface area contributed by atoms with Crippen molar-refractivity contribution in [3.05, 3.63) is 0 Å². The van der Waals surface area contributed by atoms with Crippen LogP contribution in [0.1, 0.15) is 39.0 Å². The van der Waals surface area contributed by atoms with Crippen molar-refractivity contribution in [1.29, 1.82) is 0 Å². The van der Waals surface area contributed by atoms with E-state index in [0.29, 0.717) is 0 Å². The van der Waals surface area contributed by atoms with E-state index in [1.54, 1.807) is 0 Å². The molecular weight excluding hydrogens is 266 g/mol. The fraction of sp³-hybridized carbons (Fsp3) is 0.667. The van der Waals surface area contributed by atoms with E-state index in [2.05, 4.69) is 10.6 Å². The van der Waals surface area contributed by atoms with Gasteiger partial charge in [-0.2, -0.15) is 0 Å².